The smallest absolute Gasteiger partial charge is 0.0348 e. The molecule has 1 aromatic carbocycles. The molecule has 0 fully saturated rings. The van der Waals surface area contributed by atoms with Crippen molar-refractivity contribution in [3.63, 3.8) is 0 Å². The second kappa shape index (κ2) is 5.58. The van der Waals surface area contributed by atoms with Crippen LogP contribution in [0.1, 0.15) is 27.8 Å². The Hall–Kier alpha value is -1.70. The minimum atomic E-state index is 0.822. The lowest BCUT2D eigenvalue weighted by Gasteiger charge is -2.16. The first-order valence-corrected chi connectivity index (χ1v) is 5.85. The first-order valence-electron chi connectivity index (χ1n) is 5.85. The average Bonchev–Trinajstić information content (AvgIpc) is 2.30. The average molecular weight is 230 g/mol. The zero-order valence-corrected chi connectivity index (χ0v) is 11.2. The molecule has 3 N–H and O–H groups in total. The van der Waals surface area contributed by atoms with Gasteiger partial charge >= 0.3 is 0 Å². The summed E-state index contributed by atoms with van der Waals surface area (Å²) in [6.45, 7) is 12.3. The molecule has 0 spiro atoms. The Morgan fingerprint density at radius 3 is 2.18 bits per heavy atom. The van der Waals surface area contributed by atoms with E-state index in [2.05, 4.69) is 45.7 Å². The molecule has 0 aliphatic carbocycles. The van der Waals surface area contributed by atoms with E-state index in [0.717, 1.165) is 12.1 Å². The van der Waals surface area contributed by atoms with Crippen molar-refractivity contribution in [3.8, 4) is 0 Å². The number of nitrogens with one attached hydrogen (secondary N) is 1. The normalized spacial score (nSPS) is 11.4. The lowest BCUT2D eigenvalue weighted by molar-refractivity contribution is 0.941. The third-order valence-corrected chi connectivity index (χ3v) is 3.38. The fourth-order valence-electron chi connectivity index (χ4n) is 2.04. The minimum Gasteiger partial charge on any atom is -0.403 e. The van der Waals surface area contributed by atoms with Crippen LogP contribution in [-0.4, -0.2) is 0 Å². The molecule has 1 aromatic rings. The number of hydrogen-bond donors (Lipinski definition) is 2. The van der Waals surface area contributed by atoms with Crippen molar-refractivity contribution < 1.29 is 0 Å². The van der Waals surface area contributed by atoms with E-state index in [0.29, 0.717) is 0 Å². The van der Waals surface area contributed by atoms with Crippen LogP contribution in [0, 0.1) is 27.7 Å². The summed E-state index contributed by atoms with van der Waals surface area (Å²) >= 11 is 0. The van der Waals surface area contributed by atoms with Crippen LogP contribution >= 0.6 is 0 Å². The molecule has 1 rings (SSSR count). The van der Waals surface area contributed by atoms with Gasteiger partial charge in [0.2, 0.25) is 0 Å². The van der Waals surface area contributed by atoms with Gasteiger partial charge in [0.05, 0.1) is 0 Å². The topological polar surface area (TPSA) is 38.0 Å². The Morgan fingerprint density at radius 2 is 1.76 bits per heavy atom. The van der Waals surface area contributed by atoms with Gasteiger partial charge in [-0.05, 0) is 61.7 Å². The van der Waals surface area contributed by atoms with E-state index in [1.807, 2.05) is 0 Å². The van der Waals surface area contributed by atoms with Gasteiger partial charge in [0, 0.05) is 18.3 Å². The van der Waals surface area contributed by atoms with Crippen molar-refractivity contribution in [1.29, 1.82) is 0 Å². The van der Waals surface area contributed by atoms with E-state index in [1.54, 1.807) is 12.4 Å². The predicted octanol–water partition coefficient (Wildman–Crippen LogP) is 3.00. The number of nitrogens with two attached hydrogens (primary N) is 1. The van der Waals surface area contributed by atoms with E-state index in [9.17, 15) is 0 Å². The summed E-state index contributed by atoms with van der Waals surface area (Å²) in [6.07, 6.45) is 4.09. The highest BCUT2D eigenvalue weighted by Gasteiger charge is 2.09. The van der Waals surface area contributed by atoms with Gasteiger partial charge in [-0.15, -0.1) is 0 Å². The molecule has 0 heterocycles. The summed E-state index contributed by atoms with van der Waals surface area (Å²) in [5, 5.41) is 3.07. The zero-order chi connectivity index (χ0) is 13.0. The van der Waals surface area contributed by atoms with E-state index in [4.69, 9.17) is 5.73 Å². The van der Waals surface area contributed by atoms with Gasteiger partial charge in [0.25, 0.3) is 0 Å². The molecule has 0 aromatic heterocycles. The van der Waals surface area contributed by atoms with E-state index in [-0.39, 0.29) is 0 Å². The molecule has 0 radical (unpaired) electrons. The van der Waals surface area contributed by atoms with Crippen LogP contribution in [0.25, 0.3) is 0 Å². The number of aryl methyl sites for hydroxylation is 2. The maximum Gasteiger partial charge on any atom is 0.0348 e. The van der Waals surface area contributed by atoms with Crippen molar-refractivity contribution in [2.75, 3.05) is 0 Å². The number of rotatable bonds is 4. The summed E-state index contributed by atoms with van der Waals surface area (Å²) in [5.41, 5.74) is 13.3. The molecular weight excluding hydrogens is 208 g/mol. The summed E-state index contributed by atoms with van der Waals surface area (Å²) in [6, 6.07) is 2.24. The molecule has 0 atom stereocenters. The highest BCUT2D eigenvalue weighted by atomic mass is 14.9. The van der Waals surface area contributed by atoms with Crippen LogP contribution in [0.4, 0.5) is 0 Å². The first kappa shape index (κ1) is 13.4. The van der Waals surface area contributed by atoms with Crippen molar-refractivity contribution in [2.24, 2.45) is 5.73 Å². The summed E-state index contributed by atoms with van der Waals surface area (Å²) in [7, 11) is 0. The fourth-order valence-corrected chi connectivity index (χ4v) is 2.04. The van der Waals surface area contributed by atoms with Crippen molar-refractivity contribution in [1.82, 2.24) is 5.32 Å². The standard InChI is InChI=1S/C15H22N2/c1-6-17-14(9-16)8-15-12(4)10(2)7-11(3)13(15)5/h6-7,9,17H,1,8,16H2,2-5H3/b14-9-. The lowest BCUT2D eigenvalue weighted by atomic mass is 9.91. The van der Waals surface area contributed by atoms with Gasteiger partial charge in [0.15, 0.2) is 0 Å². The Bertz CT molecular complexity index is 430. The number of allylic oxidation sites excluding steroid dienone is 1. The van der Waals surface area contributed by atoms with Crippen molar-refractivity contribution in [3.05, 3.63) is 58.6 Å². The maximum atomic E-state index is 5.61. The molecule has 0 saturated heterocycles. The van der Waals surface area contributed by atoms with Crippen molar-refractivity contribution >= 4 is 0 Å². The van der Waals surface area contributed by atoms with Gasteiger partial charge in [-0.25, -0.2) is 0 Å². The molecule has 17 heavy (non-hydrogen) atoms. The van der Waals surface area contributed by atoms with E-state index < -0.39 is 0 Å². The summed E-state index contributed by atoms with van der Waals surface area (Å²) in [5.74, 6) is 0. The summed E-state index contributed by atoms with van der Waals surface area (Å²) < 4.78 is 0. The third kappa shape index (κ3) is 2.90. The number of benzene rings is 1. The van der Waals surface area contributed by atoms with E-state index in [1.165, 1.54) is 27.8 Å². The van der Waals surface area contributed by atoms with Crippen LogP contribution in [0.15, 0.2) is 30.7 Å². The second-order valence-electron chi connectivity index (χ2n) is 4.46. The second-order valence-corrected chi connectivity index (χ2v) is 4.46. The van der Waals surface area contributed by atoms with Crippen LogP contribution in [-0.2, 0) is 6.42 Å². The summed E-state index contributed by atoms with van der Waals surface area (Å²) in [4.78, 5) is 0. The van der Waals surface area contributed by atoms with Crippen LogP contribution in [0.3, 0.4) is 0 Å². The highest BCUT2D eigenvalue weighted by Crippen LogP contribution is 2.23. The zero-order valence-electron chi connectivity index (χ0n) is 11.2. The Balaban J connectivity index is 3.17. The van der Waals surface area contributed by atoms with Crippen LogP contribution in [0.5, 0.6) is 0 Å². The molecule has 2 heteroatoms. The Kier molecular flexibility index (Phi) is 4.38. The molecule has 0 unspecified atom stereocenters. The minimum absolute atomic E-state index is 0.822. The third-order valence-electron chi connectivity index (χ3n) is 3.38. The molecular formula is C15H22N2. The van der Waals surface area contributed by atoms with Gasteiger partial charge in [0.1, 0.15) is 0 Å². The quantitative estimate of drug-likeness (QED) is 0.834. The predicted molar refractivity (Wildman–Crippen MR) is 74.7 cm³/mol. The molecule has 0 amide bonds. The molecule has 0 aliphatic rings. The molecule has 0 saturated carbocycles. The Labute approximate surface area is 104 Å². The maximum absolute atomic E-state index is 5.61. The van der Waals surface area contributed by atoms with Gasteiger partial charge in [-0.2, -0.15) is 0 Å². The SMILES string of the molecule is C=CN/C(=C\N)Cc1c(C)c(C)cc(C)c1C. The first-order chi connectivity index (χ1) is 8.01. The molecule has 2 nitrogen and oxygen atoms in total. The lowest BCUT2D eigenvalue weighted by Crippen LogP contribution is -2.12. The van der Waals surface area contributed by atoms with Crippen LogP contribution < -0.4 is 11.1 Å². The Morgan fingerprint density at radius 1 is 1.24 bits per heavy atom. The van der Waals surface area contributed by atoms with E-state index >= 15 is 0 Å². The van der Waals surface area contributed by atoms with Gasteiger partial charge in [-0.3, -0.25) is 0 Å². The van der Waals surface area contributed by atoms with Gasteiger partial charge < -0.3 is 11.1 Å². The molecule has 0 aliphatic heterocycles. The highest BCUT2D eigenvalue weighted by molar-refractivity contribution is 5.45. The van der Waals surface area contributed by atoms with Crippen LogP contribution in [0.2, 0.25) is 0 Å². The van der Waals surface area contributed by atoms with Crippen molar-refractivity contribution in [2.45, 2.75) is 34.1 Å². The molecule has 0 bridgehead atoms. The number of hydrogen-bond acceptors (Lipinski definition) is 2. The van der Waals surface area contributed by atoms with Gasteiger partial charge in [-0.1, -0.05) is 12.6 Å². The largest absolute Gasteiger partial charge is 0.403 e. The fraction of sp³-hybridized carbons (Fsp3) is 0.333. The monoisotopic (exact) mass is 230 g/mol. The molecule has 92 valence electrons.